The predicted octanol–water partition coefficient (Wildman–Crippen LogP) is 5.30. The van der Waals surface area contributed by atoms with Gasteiger partial charge in [-0.1, -0.05) is 35.6 Å². The van der Waals surface area contributed by atoms with Crippen LogP contribution < -0.4 is 15.4 Å². The number of fused-ring (bicyclic) bond motifs is 1. The van der Waals surface area contributed by atoms with Crippen molar-refractivity contribution in [2.45, 2.75) is 25.2 Å². The third kappa shape index (κ3) is 6.20. The monoisotopic (exact) mass is 530 g/mol. The highest BCUT2D eigenvalue weighted by Crippen LogP contribution is 2.33. The van der Waals surface area contributed by atoms with Crippen molar-refractivity contribution in [1.29, 1.82) is 0 Å². The largest absolute Gasteiger partial charge is 0.487 e. The first-order valence-electron chi connectivity index (χ1n) is 10.6. The van der Waals surface area contributed by atoms with E-state index in [4.69, 9.17) is 16.3 Å². The van der Waals surface area contributed by atoms with Crippen molar-refractivity contribution >= 4 is 57.1 Å². The molecule has 1 aliphatic rings. The van der Waals surface area contributed by atoms with Gasteiger partial charge in [-0.2, -0.15) is 0 Å². The second-order valence-corrected chi connectivity index (χ2v) is 9.32. The number of thiophene rings is 1. The number of β-amino-alcohol motifs (C(OH)–C–C–N with tert-alkyl or cyclic N) is 1. The lowest BCUT2D eigenvalue weighted by Crippen LogP contribution is -2.19. The van der Waals surface area contributed by atoms with Crippen molar-refractivity contribution in [1.82, 2.24) is 15.3 Å². The lowest BCUT2D eigenvalue weighted by atomic mass is 10.2. The Morgan fingerprint density at radius 3 is 2.89 bits per heavy atom. The molecule has 0 radical (unpaired) electrons. The van der Waals surface area contributed by atoms with E-state index in [2.05, 4.69) is 32.4 Å². The van der Waals surface area contributed by atoms with Crippen LogP contribution in [0.3, 0.4) is 0 Å². The fourth-order valence-corrected chi connectivity index (χ4v) is 4.76. The molecule has 3 heterocycles. The van der Waals surface area contributed by atoms with Crippen molar-refractivity contribution in [3.05, 3.63) is 76.1 Å². The molecule has 3 N–H and O–H groups in total. The van der Waals surface area contributed by atoms with Gasteiger partial charge in [0.15, 0.2) is 5.82 Å². The van der Waals surface area contributed by atoms with E-state index in [1.807, 2.05) is 12.1 Å². The number of hydrogen-bond donors (Lipinski definition) is 3. The predicted molar refractivity (Wildman–Crippen MR) is 139 cm³/mol. The zero-order valence-corrected chi connectivity index (χ0v) is 20.7. The van der Waals surface area contributed by atoms with Crippen LogP contribution in [0, 0.1) is 17.7 Å². The summed E-state index contributed by atoms with van der Waals surface area (Å²) in [6, 6.07) is 13.5. The zero-order chi connectivity index (χ0) is 23.5. The van der Waals surface area contributed by atoms with Gasteiger partial charge in [-0.3, -0.25) is 0 Å². The van der Waals surface area contributed by atoms with Gasteiger partial charge in [0.1, 0.15) is 24.5 Å². The Hall–Kier alpha value is -2.93. The van der Waals surface area contributed by atoms with E-state index in [-0.39, 0.29) is 37.0 Å². The molecule has 1 saturated heterocycles. The quantitative estimate of drug-likeness (QED) is 0.304. The fourth-order valence-electron chi connectivity index (χ4n) is 3.61. The second kappa shape index (κ2) is 11.2. The molecule has 0 amide bonds. The van der Waals surface area contributed by atoms with Crippen molar-refractivity contribution in [2.75, 3.05) is 11.9 Å². The molecule has 2 aromatic heterocycles. The Morgan fingerprint density at radius 1 is 1.23 bits per heavy atom. The summed E-state index contributed by atoms with van der Waals surface area (Å²) in [7, 11) is 0. The number of hydrogen-bond acceptors (Lipinski definition) is 7. The normalized spacial score (nSPS) is 16.9. The molecular weight excluding hydrogens is 510 g/mol. The smallest absolute Gasteiger partial charge is 0.151 e. The van der Waals surface area contributed by atoms with E-state index in [0.29, 0.717) is 29.6 Å². The van der Waals surface area contributed by atoms with Gasteiger partial charge < -0.3 is 20.5 Å². The minimum Gasteiger partial charge on any atom is -0.487 e. The summed E-state index contributed by atoms with van der Waals surface area (Å²) < 4.78 is 20.0. The van der Waals surface area contributed by atoms with E-state index in [9.17, 15) is 9.50 Å². The van der Waals surface area contributed by atoms with E-state index in [1.165, 1.54) is 29.8 Å². The van der Waals surface area contributed by atoms with Crippen molar-refractivity contribution in [3.8, 4) is 17.6 Å². The van der Waals surface area contributed by atoms with Crippen LogP contribution in [0.1, 0.15) is 16.9 Å². The third-order valence-corrected chi connectivity index (χ3v) is 6.61. The Kier molecular flexibility index (Phi) is 8.06. The highest BCUT2D eigenvalue weighted by molar-refractivity contribution is 7.20. The van der Waals surface area contributed by atoms with Crippen LogP contribution in [0.5, 0.6) is 5.75 Å². The molecule has 0 unspecified atom stereocenters. The summed E-state index contributed by atoms with van der Waals surface area (Å²) in [5.41, 5.74) is 2.26. The SMILES string of the molecule is Cl.O[C@H]1CN[C@@H](C#Cc2cc3ncnc(Nc4ccc(OCc5cccc(F)c5)c(Cl)c4)c3s2)C1. The molecule has 10 heteroatoms. The third-order valence-electron chi connectivity index (χ3n) is 5.27. The summed E-state index contributed by atoms with van der Waals surface area (Å²) in [5, 5.41) is 16.5. The number of aliphatic hydroxyl groups excluding tert-OH is 1. The van der Waals surface area contributed by atoms with E-state index >= 15 is 0 Å². The van der Waals surface area contributed by atoms with Gasteiger partial charge in [0.25, 0.3) is 0 Å². The van der Waals surface area contributed by atoms with Crippen molar-refractivity contribution < 1.29 is 14.2 Å². The van der Waals surface area contributed by atoms with Gasteiger partial charge in [-0.05, 0) is 42.0 Å². The van der Waals surface area contributed by atoms with Crippen LogP contribution in [0.25, 0.3) is 10.2 Å². The average Bonchev–Trinajstić information content (AvgIpc) is 3.43. The molecule has 0 saturated carbocycles. The number of nitrogens with one attached hydrogen (secondary N) is 2. The molecule has 0 aliphatic carbocycles. The molecule has 1 aliphatic heterocycles. The van der Waals surface area contributed by atoms with Crippen LogP contribution in [-0.2, 0) is 6.61 Å². The van der Waals surface area contributed by atoms with Gasteiger partial charge in [-0.25, -0.2) is 14.4 Å². The first-order chi connectivity index (χ1) is 16.5. The Bertz CT molecular complexity index is 1410. The maximum absolute atomic E-state index is 13.4. The molecule has 5 rings (SSSR count). The number of ether oxygens (including phenoxy) is 1. The van der Waals surface area contributed by atoms with Crippen molar-refractivity contribution in [3.63, 3.8) is 0 Å². The minimum atomic E-state index is -0.340. The van der Waals surface area contributed by atoms with E-state index in [1.54, 1.807) is 24.3 Å². The second-order valence-electron chi connectivity index (χ2n) is 7.86. The van der Waals surface area contributed by atoms with Crippen molar-refractivity contribution in [2.24, 2.45) is 0 Å². The van der Waals surface area contributed by atoms with Crippen LogP contribution in [0.4, 0.5) is 15.9 Å². The fraction of sp³-hybridized carbons (Fsp3) is 0.200. The number of nitrogens with zero attached hydrogens (tertiary/aromatic N) is 2. The number of halogens is 3. The van der Waals surface area contributed by atoms with Gasteiger partial charge >= 0.3 is 0 Å². The minimum absolute atomic E-state index is 0. The average molecular weight is 531 g/mol. The number of aromatic nitrogens is 2. The summed E-state index contributed by atoms with van der Waals surface area (Å²) in [5.74, 6) is 7.19. The summed E-state index contributed by atoms with van der Waals surface area (Å²) >= 11 is 7.92. The molecule has 2 atom stereocenters. The van der Waals surface area contributed by atoms with Gasteiger partial charge in [0.2, 0.25) is 0 Å². The number of rotatable bonds is 5. The van der Waals surface area contributed by atoms with Gasteiger partial charge in [-0.15, -0.1) is 23.7 Å². The van der Waals surface area contributed by atoms with Crippen LogP contribution >= 0.6 is 35.3 Å². The summed E-state index contributed by atoms with van der Waals surface area (Å²) in [4.78, 5) is 9.61. The highest BCUT2D eigenvalue weighted by atomic mass is 35.5. The van der Waals surface area contributed by atoms with E-state index < -0.39 is 0 Å². The number of anilines is 2. The molecule has 2 aromatic carbocycles. The van der Waals surface area contributed by atoms with Gasteiger partial charge in [0.05, 0.1) is 32.3 Å². The molecule has 0 bridgehead atoms. The van der Waals surface area contributed by atoms with Crippen LogP contribution in [-0.4, -0.2) is 33.8 Å². The maximum atomic E-state index is 13.4. The van der Waals surface area contributed by atoms with Gasteiger partial charge in [0, 0.05) is 18.7 Å². The van der Waals surface area contributed by atoms with E-state index in [0.717, 1.165) is 26.3 Å². The molecule has 180 valence electrons. The molecule has 6 nitrogen and oxygen atoms in total. The standard InChI is InChI=1S/C25H20ClFN4O2S.ClH/c26-21-10-18(5-7-23(21)33-13-15-2-1-3-16(27)8-15)31-25-24-22(29-14-30-25)11-20(34-24)6-4-17-9-19(32)12-28-17;/h1-3,5,7-8,10-11,14,17,19,28,32H,9,12-13H2,(H,29,30,31);1H/t17-,19+;/m0./s1. The van der Waals surface area contributed by atoms with Crippen LogP contribution in [0.15, 0.2) is 54.9 Å². The lowest BCUT2D eigenvalue weighted by molar-refractivity contribution is 0.195. The molecular formula is C25H21Cl2FN4O2S. The summed E-state index contributed by atoms with van der Waals surface area (Å²) in [6.07, 6.45) is 1.79. The maximum Gasteiger partial charge on any atom is 0.151 e. The zero-order valence-electron chi connectivity index (χ0n) is 18.3. The molecule has 4 aromatic rings. The first-order valence-corrected chi connectivity index (χ1v) is 11.8. The Balaban J connectivity index is 0.00000289. The lowest BCUT2D eigenvalue weighted by Gasteiger charge is -2.11. The number of aliphatic hydroxyl groups is 1. The number of benzene rings is 2. The van der Waals surface area contributed by atoms with Crippen LogP contribution in [0.2, 0.25) is 5.02 Å². The topological polar surface area (TPSA) is 79.3 Å². The first kappa shape index (κ1) is 25.2. The highest BCUT2D eigenvalue weighted by Gasteiger charge is 2.19. The molecule has 0 spiro atoms. The molecule has 35 heavy (non-hydrogen) atoms. The molecule has 1 fully saturated rings. The summed E-state index contributed by atoms with van der Waals surface area (Å²) in [6.45, 7) is 0.785. The Morgan fingerprint density at radius 2 is 2.11 bits per heavy atom. The Labute approximate surface area is 216 Å².